The Morgan fingerprint density at radius 1 is 1.75 bits per heavy atom. The molecule has 5 heteroatoms. The fraction of sp³-hybridized carbons (Fsp3) is 0.571. The molecule has 1 aromatic rings. The summed E-state index contributed by atoms with van der Waals surface area (Å²) in [6.07, 6.45) is 1.74. The molecule has 0 spiro atoms. The molecule has 1 heterocycles. The predicted octanol–water partition coefficient (Wildman–Crippen LogP) is 0.544. The maximum absolute atomic E-state index is 8.75. The van der Waals surface area contributed by atoms with Gasteiger partial charge >= 0.3 is 0 Å². The summed E-state index contributed by atoms with van der Waals surface area (Å²) < 4.78 is 0. The fourth-order valence-electron chi connectivity index (χ4n) is 0.970. The first-order chi connectivity index (χ1) is 5.77. The fourth-order valence-corrected chi connectivity index (χ4v) is 1.74. The third-order valence-corrected chi connectivity index (χ3v) is 2.46. The predicted molar refractivity (Wildman–Crippen MR) is 51.5 cm³/mol. The first-order valence-corrected chi connectivity index (χ1v) is 4.66. The number of likely N-dealkylation sites (N-methyl/N-ethyl adjacent to an activating group) is 1. The number of thiazole rings is 1. The van der Waals surface area contributed by atoms with Crippen molar-refractivity contribution in [1.29, 1.82) is 0 Å². The number of nitrogens with zero attached hydrogens (tertiary/aromatic N) is 2. The standard InChI is InChI=1S/C7H13N3OS/c1-2-10(3-4-11)6-5-9-7(8)12-6/h5,11H,2-4H2,1H3,(H2,8,9). The molecule has 0 atom stereocenters. The van der Waals surface area contributed by atoms with E-state index < -0.39 is 0 Å². The van der Waals surface area contributed by atoms with Crippen molar-refractivity contribution in [2.24, 2.45) is 0 Å². The van der Waals surface area contributed by atoms with Gasteiger partial charge in [0.25, 0.3) is 0 Å². The van der Waals surface area contributed by atoms with Gasteiger partial charge < -0.3 is 15.7 Å². The van der Waals surface area contributed by atoms with Crippen LogP contribution in [0.2, 0.25) is 0 Å². The van der Waals surface area contributed by atoms with Crippen molar-refractivity contribution in [1.82, 2.24) is 4.98 Å². The molecule has 1 rings (SSSR count). The van der Waals surface area contributed by atoms with Gasteiger partial charge in [0.2, 0.25) is 0 Å². The average Bonchev–Trinajstić information content (AvgIpc) is 2.47. The van der Waals surface area contributed by atoms with E-state index in [1.807, 2.05) is 11.8 Å². The second-order valence-electron chi connectivity index (χ2n) is 2.34. The Bertz CT molecular complexity index is 238. The number of aliphatic hydroxyl groups is 1. The molecule has 1 aromatic heterocycles. The van der Waals surface area contributed by atoms with Crippen molar-refractivity contribution in [2.75, 3.05) is 30.3 Å². The number of rotatable bonds is 4. The highest BCUT2D eigenvalue weighted by atomic mass is 32.1. The summed E-state index contributed by atoms with van der Waals surface area (Å²) in [4.78, 5) is 5.98. The van der Waals surface area contributed by atoms with E-state index in [4.69, 9.17) is 10.8 Å². The van der Waals surface area contributed by atoms with Crippen LogP contribution in [-0.4, -0.2) is 29.8 Å². The van der Waals surface area contributed by atoms with Gasteiger partial charge in [0, 0.05) is 13.1 Å². The number of aromatic nitrogens is 1. The second kappa shape index (κ2) is 4.27. The SMILES string of the molecule is CCN(CCO)c1cnc(N)s1. The van der Waals surface area contributed by atoms with Crippen LogP contribution < -0.4 is 10.6 Å². The summed E-state index contributed by atoms with van der Waals surface area (Å²) in [6, 6.07) is 0. The van der Waals surface area contributed by atoms with E-state index in [9.17, 15) is 0 Å². The number of nitrogens with two attached hydrogens (primary N) is 1. The Labute approximate surface area is 75.6 Å². The Hall–Kier alpha value is -0.810. The van der Waals surface area contributed by atoms with Gasteiger partial charge in [-0.2, -0.15) is 0 Å². The molecule has 0 amide bonds. The first kappa shape index (κ1) is 9.28. The van der Waals surface area contributed by atoms with Crippen LogP contribution in [0.3, 0.4) is 0 Å². The highest BCUT2D eigenvalue weighted by Gasteiger charge is 2.05. The monoisotopic (exact) mass is 187 g/mol. The maximum atomic E-state index is 8.75. The molecule has 0 unspecified atom stereocenters. The van der Waals surface area contributed by atoms with E-state index in [0.29, 0.717) is 11.7 Å². The Morgan fingerprint density at radius 2 is 2.50 bits per heavy atom. The zero-order chi connectivity index (χ0) is 8.97. The lowest BCUT2D eigenvalue weighted by Crippen LogP contribution is -2.25. The van der Waals surface area contributed by atoms with E-state index in [1.54, 1.807) is 6.20 Å². The summed E-state index contributed by atoms with van der Waals surface area (Å²) in [7, 11) is 0. The van der Waals surface area contributed by atoms with Gasteiger partial charge in [-0.3, -0.25) is 0 Å². The van der Waals surface area contributed by atoms with Gasteiger partial charge in [0.05, 0.1) is 12.8 Å². The van der Waals surface area contributed by atoms with Crippen LogP contribution >= 0.6 is 11.3 Å². The van der Waals surface area contributed by atoms with Crippen LogP contribution in [0, 0.1) is 0 Å². The second-order valence-corrected chi connectivity index (χ2v) is 3.38. The third-order valence-electron chi connectivity index (χ3n) is 1.57. The third kappa shape index (κ3) is 2.09. The highest BCUT2D eigenvalue weighted by Crippen LogP contribution is 2.24. The molecule has 3 N–H and O–H groups in total. The Kier molecular flexibility index (Phi) is 3.31. The van der Waals surface area contributed by atoms with Crippen molar-refractivity contribution in [3.63, 3.8) is 0 Å². The summed E-state index contributed by atoms with van der Waals surface area (Å²) >= 11 is 1.44. The molecule has 0 bridgehead atoms. The van der Waals surface area contributed by atoms with Crippen molar-refractivity contribution >= 4 is 21.5 Å². The minimum atomic E-state index is 0.158. The molecule has 4 nitrogen and oxygen atoms in total. The quantitative estimate of drug-likeness (QED) is 0.722. The normalized spacial score (nSPS) is 10.2. The number of hydrogen-bond donors (Lipinski definition) is 2. The zero-order valence-corrected chi connectivity index (χ0v) is 7.84. The lowest BCUT2D eigenvalue weighted by molar-refractivity contribution is 0.302. The molecular formula is C7H13N3OS. The van der Waals surface area contributed by atoms with Crippen LogP contribution in [0.25, 0.3) is 0 Å². The molecule has 12 heavy (non-hydrogen) atoms. The van der Waals surface area contributed by atoms with E-state index >= 15 is 0 Å². The molecule has 0 aliphatic rings. The number of nitrogen functional groups attached to an aromatic ring is 1. The van der Waals surface area contributed by atoms with Crippen LogP contribution in [0.1, 0.15) is 6.92 Å². The van der Waals surface area contributed by atoms with E-state index in [-0.39, 0.29) is 6.61 Å². The lowest BCUT2D eigenvalue weighted by atomic mass is 10.5. The molecule has 0 fully saturated rings. The van der Waals surface area contributed by atoms with Crippen molar-refractivity contribution in [3.05, 3.63) is 6.20 Å². The van der Waals surface area contributed by atoms with Gasteiger partial charge in [0.1, 0.15) is 5.00 Å². The first-order valence-electron chi connectivity index (χ1n) is 3.85. The summed E-state index contributed by atoms with van der Waals surface area (Å²) in [5.74, 6) is 0. The van der Waals surface area contributed by atoms with Crippen molar-refractivity contribution in [2.45, 2.75) is 6.92 Å². The van der Waals surface area contributed by atoms with E-state index in [0.717, 1.165) is 11.5 Å². The maximum Gasteiger partial charge on any atom is 0.181 e. The molecular weight excluding hydrogens is 174 g/mol. The number of aliphatic hydroxyl groups excluding tert-OH is 1. The lowest BCUT2D eigenvalue weighted by Gasteiger charge is -2.18. The van der Waals surface area contributed by atoms with Crippen molar-refractivity contribution in [3.8, 4) is 0 Å². The van der Waals surface area contributed by atoms with Gasteiger partial charge in [-0.15, -0.1) is 0 Å². The molecule has 0 aliphatic carbocycles. The molecule has 0 saturated heterocycles. The minimum Gasteiger partial charge on any atom is -0.395 e. The van der Waals surface area contributed by atoms with E-state index in [1.165, 1.54) is 11.3 Å². The van der Waals surface area contributed by atoms with Crippen LogP contribution in [-0.2, 0) is 0 Å². The average molecular weight is 187 g/mol. The largest absolute Gasteiger partial charge is 0.395 e. The van der Waals surface area contributed by atoms with Gasteiger partial charge in [-0.1, -0.05) is 11.3 Å². The molecule has 0 aromatic carbocycles. The Balaban J connectivity index is 2.66. The molecule has 68 valence electrons. The smallest absolute Gasteiger partial charge is 0.181 e. The van der Waals surface area contributed by atoms with Crippen LogP contribution in [0.5, 0.6) is 0 Å². The number of anilines is 2. The molecule has 0 radical (unpaired) electrons. The van der Waals surface area contributed by atoms with E-state index in [2.05, 4.69) is 4.98 Å². The van der Waals surface area contributed by atoms with Crippen molar-refractivity contribution < 1.29 is 5.11 Å². The van der Waals surface area contributed by atoms with Gasteiger partial charge in [-0.25, -0.2) is 4.98 Å². The molecule has 0 saturated carbocycles. The topological polar surface area (TPSA) is 62.4 Å². The highest BCUT2D eigenvalue weighted by molar-refractivity contribution is 7.19. The summed E-state index contributed by atoms with van der Waals surface area (Å²) in [6.45, 7) is 3.69. The zero-order valence-electron chi connectivity index (χ0n) is 7.03. The summed E-state index contributed by atoms with van der Waals surface area (Å²) in [5.41, 5.74) is 5.49. The minimum absolute atomic E-state index is 0.158. The van der Waals surface area contributed by atoms with Crippen LogP contribution in [0.15, 0.2) is 6.20 Å². The summed E-state index contributed by atoms with van der Waals surface area (Å²) in [5, 5.41) is 10.3. The molecule has 0 aliphatic heterocycles. The van der Waals surface area contributed by atoms with Gasteiger partial charge in [-0.05, 0) is 6.92 Å². The number of hydrogen-bond acceptors (Lipinski definition) is 5. The van der Waals surface area contributed by atoms with Gasteiger partial charge in [0.15, 0.2) is 5.13 Å². The van der Waals surface area contributed by atoms with Crippen LogP contribution in [0.4, 0.5) is 10.1 Å². The Morgan fingerprint density at radius 3 is 2.92 bits per heavy atom.